The first kappa shape index (κ1) is 19.7. The first-order chi connectivity index (χ1) is 14.6. The second-order valence-corrected chi connectivity index (χ2v) is 7.55. The largest absolute Gasteiger partial charge is 0.280 e. The zero-order valence-corrected chi connectivity index (χ0v) is 17.1. The lowest BCUT2D eigenvalue weighted by Crippen LogP contribution is -2.28. The zero-order valence-electron chi connectivity index (χ0n) is 16.3. The number of carbonyl (C=O) groups is 1. The average Bonchev–Trinajstić information content (AvgIpc) is 3.41. The molecule has 4 rings (SSSR count). The first-order valence-corrected chi connectivity index (χ1v) is 10.2. The number of hydrogen-bond donors (Lipinski definition) is 0. The maximum atomic E-state index is 13.2. The molecule has 0 bridgehead atoms. The highest BCUT2D eigenvalue weighted by atomic mass is 32.1. The minimum Gasteiger partial charge on any atom is -0.280 e. The third-order valence-electron chi connectivity index (χ3n) is 4.46. The Balaban J connectivity index is 1.62. The summed E-state index contributed by atoms with van der Waals surface area (Å²) in [7, 11) is 1.83. The fourth-order valence-electron chi connectivity index (χ4n) is 2.93. The van der Waals surface area contributed by atoms with Crippen LogP contribution in [0.2, 0.25) is 0 Å². The van der Waals surface area contributed by atoms with E-state index in [-0.39, 0.29) is 11.7 Å². The van der Waals surface area contributed by atoms with Gasteiger partial charge in [-0.25, -0.2) is 9.37 Å². The molecular weight excluding hydrogens is 399 g/mol. The molecule has 0 saturated heterocycles. The molecular formula is C23H19FN4OS. The average molecular weight is 418 g/mol. The summed E-state index contributed by atoms with van der Waals surface area (Å²) < 4.78 is 14.9. The molecule has 0 aliphatic carbocycles. The number of aryl methyl sites for hydroxylation is 1. The summed E-state index contributed by atoms with van der Waals surface area (Å²) in [5, 5.41) is 6.57. The third kappa shape index (κ3) is 4.69. The van der Waals surface area contributed by atoms with Gasteiger partial charge in [0.1, 0.15) is 5.82 Å². The number of anilines is 1. The van der Waals surface area contributed by atoms with Crippen molar-refractivity contribution in [3.05, 3.63) is 95.4 Å². The van der Waals surface area contributed by atoms with Crippen molar-refractivity contribution < 1.29 is 9.18 Å². The van der Waals surface area contributed by atoms with Gasteiger partial charge >= 0.3 is 0 Å². The van der Waals surface area contributed by atoms with Crippen LogP contribution in [0.5, 0.6) is 0 Å². The molecule has 0 fully saturated rings. The van der Waals surface area contributed by atoms with Gasteiger partial charge in [-0.1, -0.05) is 30.3 Å². The maximum absolute atomic E-state index is 13.2. The van der Waals surface area contributed by atoms with Gasteiger partial charge in [-0.2, -0.15) is 5.10 Å². The summed E-state index contributed by atoms with van der Waals surface area (Å²) in [5.74, 6) is -0.474. The van der Waals surface area contributed by atoms with Gasteiger partial charge < -0.3 is 0 Å². The number of halogens is 1. The number of hydrogen-bond acceptors (Lipinski definition) is 4. The SMILES string of the molecule is Cn1cc(/C=C/C(=O)N(Cc2ccccc2)c2nc(-c3ccc(F)cc3)cs2)cn1. The van der Waals surface area contributed by atoms with Crippen LogP contribution >= 0.6 is 11.3 Å². The fraction of sp³-hybridized carbons (Fsp3) is 0.0870. The number of thiazole rings is 1. The molecule has 0 spiro atoms. The second kappa shape index (κ2) is 8.84. The highest BCUT2D eigenvalue weighted by molar-refractivity contribution is 7.14. The minimum atomic E-state index is -0.296. The van der Waals surface area contributed by atoms with E-state index in [9.17, 15) is 9.18 Å². The molecule has 2 heterocycles. The van der Waals surface area contributed by atoms with Crippen molar-refractivity contribution in [1.29, 1.82) is 0 Å². The maximum Gasteiger partial charge on any atom is 0.253 e. The third-order valence-corrected chi connectivity index (χ3v) is 5.32. The van der Waals surface area contributed by atoms with Crippen LogP contribution in [-0.4, -0.2) is 20.7 Å². The molecule has 2 aromatic heterocycles. The van der Waals surface area contributed by atoms with E-state index in [0.29, 0.717) is 17.4 Å². The fourth-order valence-corrected chi connectivity index (χ4v) is 3.77. The molecule has 5 nitrogen and oxygen atoms in total. The van der Waals surface area contributed by atoms with Gasteiger partial charge in [-0.05, 0) is 35.9 Å². The molecule has 2 aromatic carbocycles. The summed E-state index contributed by atoms with van der Waals surface area (Å²) in [6, 6.07) is 15.9. The molecule has 0 aliphatic rings. The van der Waals surface area contributed by atoms with Gasteiger partial charge in [0.2, 0.25) is 0 Å². The summed E-state index contributed by atoms with van der Waals surface area (Å²) in [6.45, 7) is 0.396. The van der Waals surface area contributed by atoms with Crippen molar-refractivity contribution in [3.8, 4) is 11.3 Å². The number of nitrogens with zero attached hydrogens (tertiary/aromatic N) is 4. The van der Waals surface area contributed by atoms with Gasteiger partial charge in [0, 0.05) is 35.8 Å². The predicted molar refractivity (Wildman–Crippen MR) is 117 cm³/mol. The van der Waals surface area contributed by atoms with Crippen LogP contribution in [0, 0.1) is 5.82 Å². The van der Waals surface area contributed by atoms with E-state index in [0.717, 1.165) is 16.7 Å². The van der Waals surface area contributed by atoms with E-state index in [1.807, 2.05) is 49.0 Å². The van der Waals surface area contributed by atoms with E-state index in [4.69, 9.17) is 0 Å². The van der Waals surface area contributed by atoms with Gasteiger partial charge in [0.15, 0.2) is 5.13 Å². The number of amides is 1. The molecule has 1 amide bonds. The van der Waals surface area contributed by atoms with Crippen molar-refractivity contribution in [1.82, 2.24) is 14.8 Å². The number of rotatable bonds is 6. The minimum absolute atomic E-state index is 0.178. The van der Waals surface area contributed by atoms with Gasteiger partial charge in [-0.3, -0.25) is 14.4 Å². The molecule has 4 aromatic rings. The predicted octanol–water partition coefficient (Wildman–Crippen LogP) is 4.93. The van der Waals surface area contributed by atoms with Crippen LogP contribution < -0.4 is 4.90 Å². The summed E-state index contributed by atoms with van der Waals surface area (Å²) in [4.78, 5) is 19.3. The van der Waals surface area contributed by atoms with E-state index in [2.05, 4.69) is 10.1 Å². The molecule has 0 radical (unpaired) electrons. The Bertz CT molecular complexity index is 1170. The highest BCUT2D eigenvalue weighted by Gasteiger charge is 2.18. The number of carbonyl (C=O) groups excluding carboxylic acids is 1. The van der Waals surface area contributed by atoms with Crippen molar-refractivity contribution in [2.45, 2.75) is 6.54 Å². The van der Waals surface area contributed by atoms with Crippen LogP contribution in [0.25, 0.3) is 17.3 Å². The van der Waals surface area contributed by atoms with Crippen LogP contribution in [0.1, 0.15) is 11.1 Å². The quantitative estimate of drug-likeness (QED) is 0.417. The van der Waals surface area contributed by atoms with Crippen molar-refractivity contribution in [3.63, 3.8) is 0 Å². The lowest BCUT2D eigenvalue weighted by Gasteiger charge is -2.18. The van der Waals surface area contributed by atoms with E-state index in [1.54, 1.807) is 34.0 Å². The van der Waals surface area contributed by atoms with Gasteiger partial charge in [-0.15, -0.1) is 11.3 Å². The zero-order chi connectivity index (χ0) is 20.9. The van der Waals surface area contributed by atoms with Crippen molar-refractivity contribution in [2.24, 2.45) is 7.05 Å². The molecule has 150 valence electrons. The monoisotopic (exact) mass is 418 g/mol. The normalized spacial score (nSPS) is 11.1. The van der Waals surface area contributed by atoms with Crippen LogP contribution in [0.4, 0.5) is 9.52 Å². The smallest absolute Gasteiger partial charge is 0.253 e. The molecule has 0 aliphatic heterocycles. The summed E-state index contributed by atoms with van der Waals surface area (Å²) in [5.41, 5.74) is 3.35. The van der Waals surface area contributed by atoms with Crippen molar-refractivity contribution >= 4 is 28.5 Å². The molecule has 0 saturated carbocycles. The summed E-state index contributed by atoms with van der Waals surface area (Å²) >= 11 is 1.38. The Hall–Kier alpha value is -3.58. The summed E-state index contributed by atoms with van der Waals surface area (Å²) in [6.07, 6.45) is 6.80. The lowest BCUT2D eigenvalue weighted by atomic mass is 10.2. The Kier molecular flexibility index (Phi) is 5.81. The second-order valence-electron chi connectivity index (χ2n) is 6.71. The van der Waals surface area contributed by atoms with Crippen LogP contribution in [0.15, 0.2) is 78.4 Å². The molecule has 0 N–H and O–H groups in total. The molecule has 0 atom stereocenters. The Morgan fingerprint density at radius 3 is 2.63 bits per heavy atom. The number of aromatic nitrogens is 3. The van der Waals surface area contributed by atoms with Gasteiger partial charge in [0.05, 0.1) is 18.4 Å². The highest BCUT2D eigenvalue weighted by Crippen LogP contribution is 2.29. The number of benzene rings is 2. The molecule has 7 heteroatoms. The Morgan fingerprint density at radius 2 is 1.93 bits per heavy atom. The van der Waals surface area contributed by atoms with E-state index < -0.39 is 0 Å². The van der Waals surface area contributed by atoms with Gasteiger partial charge in [0.25, 0.3) is 5.91 Å². The Labute approximate surface area is 177 Å². The van der Waals surface area contributed by atoms with E-state index in [1.165, 1.54) is 29.5 Å². The Morgan fingerprint density at radius 1 is 1.17 bits per heavy atom. The van der Waals surface area contributed by atoms with Crippen LogP contribution in [0.3, 0.4) is 0 Å². The van der Waals surface area contributed by atoms with Crippen molar-refractivity contribution in [2.75, 3.05) is 4.90 Å². The lowest BCUT2D eigenvalue weighted by molar-refractivity contribution is -0.114. The van der Waals surface area contributed by atoms with Crippen LogP contribution in [-0.2, 0) is 18.4 Å². The topological polar surface area (TPSA) is 51.0 Å². The molecule has 0 unspecified atom stereocenters. The molecule has 30 heavy (non-hydrogen) atoms. The first-order valence-electron chi connectivity index (χ1n) is 9.32. The standard InChI is InChI=1S/C23H19FN4OS/c1-27-14-18(13-25-27)7-12-22(29)28(15-17-5-3-2-4-6-17)23-26-21(16-30-23)19-8-10-20(24)11-9-19/h2-14,16H,15H2,1H3/b12-7+. The van der Waals surface area contributed by atoms with E-state index >= 15 is 0 Å².